The van der Waals surface area contributed by atoms with Gasteiger partial charge in [-0.15, -0.1) is 0 Å². The Morgan fingerprint density at radius 1 is 1.25 bits per heavy atom. The highest BCUT2D eigenvalue weighted by atomic mass is 19.1. The van der Waals surface area contributed by atoms with Gasteiger partial charge in [0.2, 0.25) is 5.91 Å². The maximum atomic E-state index is 14.5. The molecule has 0 spiro atoms. The lowest BCUT2D eigenvalue weighted by molar-refractivity contribution is -0.128. The van der Waals surface area contributed by atoms with E-state index < -0.39 is 17.3 Å². The zero-order valence-electron chi connectivity index (χ0n) is 21.1. The first kappa shape index (κ1) is 25.7. The van der Waals surface area contributed by atoms with E-state index in [9.17, 15) is 18.8 Å². The highest BCUT2D eigenvalue weighted by molar-refractivity contribution is 6.02. The molecule has 2 fully saturated rings. The minimum Gasteiger partial charge on any atom is -0.465 e. The van der Waals surface area contributed by atoms with Gasteiger partial charge in [-0.25, -0.2) is 9.18 Å². The summed E-state index contributed by atoms with van der Waals surface area (Å²) in [6, 6.07) is 4.66. The standard InChI is InChI=1S/C26H34FN5O4/c1-31-15-18(13-19(28)16-31)23(33)30-26(9-10-26)25(35)29-14-17-7-11-32(2,12-8-17)21-6-4-5-20(27)22(21)24(34)36-3/h4-6,13,15,17H,7-12,14,16,28H2,1-3H3,(H-,29,30,33,35)/p+1. The second-order valence-corrected chi connectivity index (χ2v) is 10.4. The van der Waals surface area contributed by atoms with Crippen molar-refractivity contribution in [2.24, 2.45) is 11.7 Å². The molecule has 1 aromatic rings. The molecule has 1 saturated heterocycles. The maximum Gasteiger partial charge on any atom is 0.346 e. The number of benzene rings is 1. The summed E-state index contributed by atoms with van der Waals surface area (Å²) in [5.74, 6) is -1.49. The summed E-state index contributed by atoms with van der Waals surface area (Å²) in [6.07, 6.45) is 6.17. The fourth-order valence-corrected chi connectivity index (χ4v) is 5.11. The van der Waals surface area contributed by atoms with E-state index in [2.05, 4.69) is 10.6 Å². The largest absolute Gasteiger partial charge is 0.465 e. The second-order valence-electron chi connectivity index (χ2n) is 10.4. The molecule has 1 aromatic carbocycles. The molecule has 2 amide bonds. The van der Waals surface area contributed by atoms with Gasteiger partial charge in [0.05, 0.1) is 39.4 Å². The fourth-order valence-electron chi connectivity index (χ4n) is 5.11. The van der Waals surface area contributed by atoms with Crippen molar-refractivity contribution in [1.82, 2.24) is 20.0 Å². The first-order chi connectivity index (χ1) is 17.1. The van der Waals surface area contributed by atoms with Crippen LogP contribution in [0.2, 0.25) is 0 Å². The normalized spacial score (nSPS) is 24.8. The van der Waals surface area contributed by atoms with Crippen LogP contribution in [0.5, 0.6) is 0 Å². The van der Waals surface area contributed by atoms with Crippen LogP contribution < -0.4 is 20.9 Å². The van der Waals surface area contributed by atoms with Crippen LogP contribution in [0.4, 0.5) is 10.1 Å². The third-order valence-electron chi connectivity index (χ3n) is 7.51. The van der Waals surface area contributed by atoms with Gasteiger partial charge in [-0.3, -0.25) is 14.1 Å². The number of esters is 1. The Hall–Kier alpha value is -3.40. The third-order valence-corrected chi connectivity index (χ3v) is 7.51. The Morgan fingerprint density at radius 3 is 2.56 bits per heavy atom. The number of hydrogen-bond acceptors (Lipinski definition) is 6. The molecule has 0 radical (unpaired) electrons. The summed E-state index contributed by atoms with van der Waals surface area (Å²) >= 11 is 0. The number of carbonyl (C=O) groups excluding carboxylic acids is 3. The molecule has 1 saturated carbocycles. The predicted octanol–water partition coefficient (Wildman–Crippen LogP) is 1.40. The molecule has 0 aromatic heterocycles. The predicted molar refractivity (Wildman–Crippen MR) is 134 cm³/mol. The van der Waals surface area contributed by atoms with Crippen LogP contribution >= 0.6 is 0 Å². The Labute approximate surface area is 210 Å². The molecular weight excluding hydrogens is 465 g/mol. The molecule has 3 aliphatic rings. The fraction of sp³-hybridized carbons (Fsp3) is 0.500. The molecule has 0 unspecified atom stereocenters. The van der Waals surface area contributed by atoms with Crippen molar-refractivity contribution in [2.45, 2.75) is 31.2 Å². The number of nitrogens with two attached hydrogens (primary N) is 1. The lowest BCUT2D eigenvalue weighted by Gasteiger charge is -2.41. The Bertz CT molecular complexity index is 1120. The smallest absolute Gasteiger partial charge is 0.346 e. The van der Waals surface area contributed by atoms with Crippen molar-refractivity contribution < 1.29 is 23.5 Å². The van der Waals surface area contributed by atoms with Crippen LogP contribution in [-0.2, 0) is 14.3 Å². The van der Waals surface area contributed by atoms with Crippen molar-refractivity contribution in [3.05, 3.63) is 53.1 Å². The first-order valence-corrected chi connectivity index (χ1v) is 12.3. The Morgan fingerprint density at radius 2 is 1.94 bits per heavy atom. The van der Waals surface area contributed by atoms with Gasteiger partial charge < -0.3 is 26.0 Å². The molecule has 4 N–H and O–H groups in total. The summed E-state index contributed by atoms with van der Waals surface area (Å²) in [7, 11) is 5.08. The minimum absolute atomic E-state index is 0.0171. The number of likely N-dealkylation sites (tertiary alicyclic amines) is 1. The van der Waals surface area contributed by atoms with Gasteiger partial charge in [-0.2, -0.15) is 0 Å². The van der Waals surface area contributed by atoms with Crippen molar-refractivity contribution in [3.8, 4) is 0 Å². The van der Waals surface area contributed by atoms with Gasteiger partial charge in [-0.1, -0.05) is 6.07 Å². The topological polar surface area (TPSA) is 114 Å². The zero-order valence-corrected chi connectivity index (χ0v) is 21.1. The summed E-state index contributed by atoms with van der Waals surface area (Å²) in [4.78, 5) is 39.8. The molecular formula is C26H35FN5O4+. The number of ether oxygens (including phenoxy) is 1. The van der Waals surface area contributed by atoms with Gasteiger partial charge in [0.1, 0.15) is 17.0 Å². The molecule has 2 aliphatic heterocycles. The highest BCUT2D eigenvalue weighted by Crippen LogP contribution is 2.37. The van der Waals surface area contributed by atoms with Gasteiger partial charge >= 0.3 is 5.97 Å². The number of methoxy groups -OCH3 is 1. The molecule has 10 heteroatoms. The number of nitrogens with one attached hydrogen (secondary N) is 2. The van der Waals surface area contributed by atoms with Crippen LogP contribution in [-0.4, -0.2) is 75.6 Å². The van der Waals surface area contributed by atoms with E-state index in [-0.39, 0.29) is 23.3 Å². The molecule has 194 valence electrons. The highest BCUT2D eigenvalue weighted by Gasteiger charge is 2.51. The number of quaternary nitrogens is 1. The molecule has 0 bridgehead atoms. The van der Waals surface area contributed by atoms with E-state index >= 15 is 0 Å². The van der Waals surface area contributed by atoms with E-state index in [0.29, 0.717) is 60.5 Å². The number of carbonyl (C=O) groups is 3. The lowest BCUT2D eigenvalue weighted by atomic mass is 9.93. The second kappa shape index (κ2) is 9.93. The zero-order chi connectivity index (χ0) is 26.1. The molecule has 9 nitrogen and oxygen atoms in total. The van der Waals surface area contributed by atoms with Gasteiger partial charge in [0.25, 0.3) is 5.91 Å². The molecule has 4 rings (SSSR count). The summed E-state index contributed by atoms with van der Waals surface area (Å²) in [6.45, 7) is 2.46. The number of likely N-dealkylation sites (N-methyl/N-ethyl adjacent to an activating group) is 1. The SMILES string of the molecule is COC(=O)c1c(F)cccc1[N+]1(C)CCC(CNC(=O)C2(NC(=O)C3=CN(C)CC(N)=C3)CC2)CC1. The number of rotatable bonds is 7. The van der Waals surface area contributed by atoms with Gasteiger partial charge in [0, 0.05) is 44.4 Å². The van der Waals surface area contributed by atoms with E-state index in [4.69, 9.17) is 10.5 Å². The number of halogens is 1. The first-order valence-electron chi connectivity index (χ1n) is 12.3. The Balaban J connectivity index is 1.32. The van der Waals surface area contributed by atoms with Crippen molar-refractivity contribution in [3.63, 3.8) is 0 Å². The average Bonchev–Trinajstić information content (AvgIpc) is 3.63. The summed E-state index contributed by atoms with van der Waals surface area (Å²) < 4.78 is 19.7. The van der Waals surface area contributed by atoms with E-state index in [0.717, 1.165) is 12.8 Å². The van der Waals surface area contributed by atoms with Crippen LogP contribution in [0.1, 0.15) is 36.0 Å². The lowest BCUT2D eigenvalue weighted by Crippen LogP contribution is -2.54. The van der Waals surface area contributed by atoms with Gasteiger partial charge in [0.15, 0.2) is 5.56 Å². The number of nitrogens with zero attached hydrogens (tertiary/aromatic N) is 2. The van der Waals surface area contributed by atoms with E-state index in [1.807, 2.05) is 19.0 Å². The summed E-state index contributed by atoms with van der Waals surface area (Å²) in [5, 5.41) is 5.93. The van der Waals surface area contributed by atoms with Crippen molar-refractivity contribution >= 4 is 23.5 Å². The molecule has 2 heterocycles. The van der Waals surface area contributed by atoms with Crippen molar-refractivity contribution in [2.75, 3.05) is 47.4 Å². The van der Waals surface area contributed by atoms with Crippen LogP contribution in [0.3, 0.4) is 0 Å². The van der Waals surface area contributed by atoms with Crippen LogP contribution in [0, 0.1) is 11.7 Å². The third kappa shape index (κ3) is 5.23. The minimum atomic E-state index is -0.868. The summed E-state index contributed by atoms with van der Waals surface area (Å²) in [5.41, 5.74) is 6.65. The number of piperidine rings is 1. The van der Waals surface area contributed by atoms with Gasteiger partial charge in [-0.05, 0) is 30.9 Å². The Kier molecular flexibility index (Phi) is 7.08. The quantitative estimate of drug-likeness (QED) is 0.385. The molecule has 36 heavy (non-hydrogen) atoms. The van der Waals surface area contributed by atoms with Crippen LogP contribution in [0.15, 0.2) is 41.7 Å². The molecule has 0 atom stereocenters. The molecule has 1 aliphatic carbocycles. The van der Waals surface area contributed by atoms with E-state index in [1.54, 1.807) is 24.4 Å². The average molecular weight is 501 g/mol. The number of amides is 2. The van der Waals surface area contributed by atoms with Crippen LogP contribution in [0.25, 0.3) is 0 Å². The maximum absolute atomic E-state index is 14.5. The number of hydrogen-bond donors (Lipinski definition) is 3. The van der Waals surface area contributed by atoms with E-state index in [1.165, 1.54) is 13.2 Å². The van der Waals surface area contributed by atoms with Crippen molar-refractivity contribution in [1.29, 1.82) is 0 Å². The monoisotopic (exact) mass is 500 g/mol.